The zero-order valence-corrected chi connectivity index (χ0v) is 14.4. The number of H-pyrrole nitrogens is 1. The minimum Gasteiger partial charge on any atom is -0.497 e. The summed E-state index contributed by atoms with van der Waals surface area (Å²) in [5, 5.41) is 7.09. The molecule has 0 aliphatic heterocycles. The number of benzene rings is 1. The molecule has 0 spiro atoms. The van der Waals surface area contributed by atoms with Gasteiger partial charge in [0.2, 0.25) is 0 Å². The number of hydrogen-bond acceptors (Lipinski definition) is 4. The summed E-state index contributed by atoms with van der Waals surface area (Å²) in [6.07, 6.45) is 3.45. The first-order chi connectivity index (χ1) is 12.1. The number of amides is 1. The highest BCUT2D eigenvalue weighted by molar-refractivity contribution is 5.93. The average molecular weight is 336 g/mol. The quantitative estimate of drug-likeness (QED) is 0.776. The van der Waals surface area contributed by atoms with Crippen LogP contribution in [0.4, 0.5) is 0 Å². The standard InChI is InChI=1S/C19H20N4O2/c1-13(14-8-10-20-11-9-14)23(2)19(24)18-12-17(21-22-18)15-4-6-16(25-3)7-5-15/h4-13H,1-3H3,(H,21,22)/t13-/m0/s1. The van der Waals surface area contributed by atoms with Gasteiger partial charge in [-0.3, -0.25) is 14.9 Å². The van der Waals surface area contributed by atoms with Gasteiger partial charge in [-0.05, 0) is 55.0 Å². The predicted molar refractivity (Wildman–Crippen MR) is 95.3 cm³/mol. The first-order valence-corrected chi connectivity index (χ1v) is 7.97. The number of carbonyl (C=O) groups excluding carboxylic acids is 1. The lowest BCUT2D eigenvalue weighted by atomic mass is 10.1. The predicted octanol–water partition coefficient (Wildman–Crippen LogP) is 3.31. The summed E-state index contributed by atoms with van der Waals surface area (Å²) in [4.78, 5) is 18.4. The van der Waals surface area contributed by atoms with E-state index in [-0.39, 0.29) is 11.9 Å². The second-order valence-corrected chi connectivity index (χ2v) is 5.77. The van der Waals surface area contributed by atoms with Gasteiger partial charge in [0.25, 0.3) is 5.91 Å². The van der Waals surface area contributed by atoms with Crippen molar-refractivity contribution >= 4 is 5.91 Å². The van der Waals surface area contributed by atoms with E-state index < -0.39 is 0 Å². The number of hydrogen-bond donors (Lipinski definition) is 1. The molecule has 1 aromatic carbocycles. The van der Waals surface area contributed by atoms with E-state index in [1.54, 1.807) is 37.5 Å². The van der Waals surface area contributed by atoms with Gasteiger partial charge in [0, 0.05) is 25.0 Å². The number of ether oxygens (including phenoxy) is 1. The molecular weight excluding hydrogens is 316 g/mol. The normalized spacial score (nSPS) is 11.8. The lowest BCUT2D eigenvalue weighted by molar-refractivity contribution is 0.0736. The smallest absolute Gasteiger partial charge is 0.272 e. The van der Waals surface area contributed by atoms with E-state index >= 15 is 0 Å². The Labute approximate surface area is 146 Å². The van der Waals surface area contributed by atoms with Crippen molar-refractivity contribution in [2.45, 2.75) is 13.0 Å². The third kappa shape index (κ3) is 3.52. The second-order valence-electron chi connectivity index (χ2n) is 5.77. The van der Waals surface area contributed by atoms with Crippen LogP contribution in [0.15, 0.2) is 54.9 Å². The van der Waals surface area contributed by atoms with Crippen molar-refractivity contribution in [3.63, 3.8) is 0 Å². The van der Waals surface area contributed by atoms with Crippen LogP contribution < -0.4 is 4.74 Å². The first kappa shape index (κ1) is 16.7. The number of pyridine rings is 1. The molecule has 0 fully saturated rings. The molecule has 6 heteroatoms. The van der Waals surface area contributed by atoms with Crippen molar-refractivity contribution in [3.8, 4) is 17.0 Å². The van der Waals surface area contributed by atoms with Crippen molar-refractivity contribution < 1.29 is 9.53 Å². The maximum Gasteiger partial charge on any atom is 0.272 e. The third-order valence-electron chi connectivity index (χ3n) is 4.28. The van der Waals surface area contributed by atoms with Crippen LogP contribution in [-0.2, 0) is 0 Å². The van der Waals surface area contributed by atoms with Crippen molar-refractivity contribution in [3.05, 3.63) is 66.1 Å². The number of methoxy groups -OCH3 is 1. The summed E-state index contributed by atoms with van der Waals surface area (Å²) in [5.74, 6) is 0.665. The summed E-state index contributed by atoms with van der Waals surface area (Å²) in [6.45, 7) is 1.98. The zero-order valence-electron chi connectivity index (χ0n) is 14.4. The molecule has 0 aliphatic rings. The number of aromatic nitrogens is 3. The fourth-order valence-electron chi connectivity index (χ4n) is 2.57. The highest BCUT2D eigenvalue weighted by Crippen LogP contribution is 2.23. The third-order valence-corrected chi connectivity index (χ3v) is 4.28. The maximum absolute atomic E-state index is 12.7. The van der Waals surface area contributed by atoms with Crippen LogP contribution >= 0.6 is 0 Å². The molecule has 128 valence electrons. The minimum atomic E-state index is -0.114. The molecule has 25 heavy (non-hydrogen) atoms. The lowest BCUT2D eigenvalue weighted by Gasteiger charge is -2.24. The van der Waals surface area contributed by atoms with E-state index in [4.69, 9.17) is 4.74 Å². The van der Waals surface area contributed by atoms with Gasteiger partial charge in [0.1, 0.15) is 11.4 Å². The van der Waals surface area contributed by atoms with Gasteiger partial charge in [-0.1, -0.05) is 0 Å². The van der Waals surface area contributed by atoms with Gasteiger partial charge in [-0.15, -0.1) is 0 Å². The Morgan fingerprint density at radius 2 is 1.84 bits per heavy atom. The van der Waals surface area contributed by atoms with Gasteiger partial charge in [0.05, 0.1) is 18.8 Å². The average Bonchev–Trinajstić information content (AvgIpc) is 3.17. The number of rotatable bonds is 5. The second kappa shape index (κ2) is 7.17. The van der Waals surface area contributed by atoms with Crippen LogP contribution in [0, 0.1) is 0 Å². The topological polar surface area (TPSA) is 71.1 Å². The van der Waals surface area contributed by atoms with Crippen molar-refractivity contribution in [2.24, 2.45) is 0 Å². The van der Waals surface area contributed by atoms with E-state index in [0.717, 1.165) is 22.6 Å². The number of nitrogens with zero attached hydrogens (tertiary/aromatic N) is 3. The van der Waals surface area contributed by atoms with Crippen LogP contribution in [0.3, 0.4) is 0 Å². The number of aromatic amines is 1. The van der Waals surface area contributed by atoms with E-state index in [1.165, 1.54) is 0 Å². The largest absolute Gasteiger partial charge is 0.497 e. The van der Waals surface area contributed by atoms with Crippen molar-refractivity contribution in [1.29, 1.82) is 0 Å². The van der Waals surface area contributed by atoms with E-state index in [1.807, 2.05) is 43.3 Å². The van der Waals surface area contributed by atoms with Crippen molar-refractivity contribution in [1.82, 2.24) is 20.1 Å². The van der Waals surface area contributed by atoms with Gasteiger partial charge >= 0.3 is 0 Å². The summed E-state index contributed by atoms with van der Waals surface area (Å²) in [5.41, 5.74) is 3.12. The van der Waals surface area contributed by atoms with E-state index in [2.05, 4.69) is 15.2 Å². The van der Waals surface area contributed by atoms with Gasteiger partial charge in [-0.2, -0.15) is 5.10 Å². The molecule has 2 aromatic heterocycles. The molecule has 2 heterocycles. The Kier molecular flexibility index (Phi) is 4.79. The van der Waals surface area contributed by atoms with E-state index in [9.17, 15) is 4.79 Å². The molecule has 0 saturated carbocycles. The van der Waals surface area contributed by atoms with Gasteiger partial charge in [0.15, 0.2) is 0 Å². The summed E-state index contributed by atoms with van der Waals surface area (Å²) >= 11 is 0. The van der Waals surface area contributed by atoms with Crippen LogP contribution in [0.5, 0.6) is 5.75 Å². The molecule has 0 bridgehead atoms. The lowest BCUT2D eigenvalue weighted by Crippen LogP contribution is -2.29. The fraction of sp³-hybridized carbons (Fsp3) is 0.211. The summed E-state index contributed by atoms with van der Waals surface area (Å²) < 4.78 is 5.15. The molecule has 3 aromatic rings. The first-order valence-electron chi connectivity index (χ1n) is 7.97. The molecule has 6 nitrogen and oxygen atoms in total. The Morgan fingerprint density at radius 1 is 1.16 bits per heavy atom. The van der Waals surface area contributed by atoms with Crippen molar-refractivity contribution in [2.75, 3.05) is 14.2 Å². The molecule has 1 N–H and O–H groups in total. The fourth-order valence-corrected chi connectivity index (χ4v) is 2.57. The minimum absolute atomic E-state index is 0.0664. The SMILES string of the molecule is COc1ccc(-c2cc(C(=O)N(C)[C@@H](C)c3ccncc3)[nH]n2)cc1. The molecular formula is C19H20N4O2. The maximum atomic E-state index is 12.7. The number of nitrogens with one attached hydrogen (secondary N) is 1. The summed E-state index contributed by atoms with van der Waals surface area (Å²) in [6, 6.07) is 13.1. The Hall–Kier alpha value is -3.15. The highest BCUT2D eigenvalue weighted by Gasteiger charge is 2.21. The van der Waals surface area contributed by atoms with Crippen LogP contribution in [0.2, 0.25) is 0 Å². The van der Waals surface area contributed by atoms with Crippen LogP contribution in [0.25, 0.3) is 11.3 Å². The molecule has 0 saturated heterocycles. The molecule has 1 atom stereocenters. The molecule has 0 radical (unpaired) electrons. The molecule has 0 aliphatic carbocycles. The summed E-state index contributed by atoms with van der Waals surface area (Å²) in [7, 11) is 3.40. The molecule has 0 unspecified atom stereocenters. The Bertz CT molecular complexity index is 843. The Balaban J connectivity index is 1.77. The molecule has 3 rings (SSSR count). The highest BCUT2D eigenvalue weighted by atomic mass is 16.5. The van der Waals surface area contributed by atoms with Crippen LogP contribution in [-0.4, -0.2) is 40.1 Å². The molecule has 1 amide bonds. The Morgan fingerprint density at radius 3 is 2.48 bits per heavy atom. The van der Waals surface area contributed by atoms with Gasteiger partial charge < -0.3 is 9.64 Å². The van der Waals surface area contributed by atoms with Crippen LogP contribution in [0.1, 0.15) is 29.0 Å². The monoisotopic (exact) mass is 336 g/mol. The van der Waals surface area contributed by atoms with E-state index in [0.29, 0.717) is 5.69 Å². The van der Waals surface area contributed by atoms with Gasteiger partial charge in [-0.25, -0.2) is 0 Å². The zero-order chi connectivity index (χ0) is 17.8. The number of carbonyl (C=O) groups is 1.